The molecule has 0 saturated carbocycles. The molecule has 1 aliphatic heterocycles. The molecule has 1 aliphatic rings. The summed E-state index contributed by atoms with van der Waals surface area (Å²) in [4.78, 5) is 8.70. The molecule has 84 valence electrons. The van der Waals surface area contributed by atoms with Crippen molar-refractivity contribution in [3.05, 3.63) is 10.7 Å². The summed E-state index contributed by atoms with van der Waals surface area (Å²) in [7, 11) is 0. The topological polar surface area (TPSA) is 36.8 Å². The van der Waals surface area contributed by atoms with Crippen LogP contribution in [-0.2, 0) is 0 Å². The van der Waals surface area contributed by atoms with E-state index >= 15 is 0 Å². The fraction of sp³-hybridized carbons (Fsp3) is 0.636. The third-order valence-electron chi connectivity index (χ3n) is 2.22. The maximum absolute atomic E-state index is 6.06. The van der Waals surface area contributed by atoms with Gasteiger partial charge in [-0.25, -0.2) is 0 Å². The van der Waals surface area contributed by atoms with Crippen LogP contribution in [0, 0.1) is 0 Å². The zero-order chi connectivity index (χ0) is 11.1. The van der Waals surface area contributed by atoms with Gasteiger partial charge in [-0.1, -0.05) is 11.6 Å². The average Bonchev–Trinajstić information content (AvgIpc) is 2.19. The van der Waals surface area contributed by atoms with Crippen molar-refractivity contribution in [2.24, 2.45) is 9.98 Å². The summed E-state index contributed by atoms with van der Waals surface area (Å²) in [6.45, 7) is 5.62. The number of halogens is 1. The number of hydrogen-bond donors (Lipinski definition) is 1. The molecular weight excluding hydrogens is 210 g/mol. The van der Waals surface area contributed by atoms with E-state index in [2.05, 4.69) is 15.3 Å². The summed E-state index contributed by atoms with van der Waals surface area (Å²) in [6, 6.07) is 0. The van der Waals surface area contributed by atoms with Crippen molar-refractivity contribution in [2.45, 2.75) is 33.1 Å². The van der Waals surface area contributed by atoms with Gasteiger partial charge in [0.2, 0.25) is 0 Å². The van der Waals surface area contributed by atoms with Crippen molar-refractivity contribution in [1.82, 2.24) is 5.32 Å². The van der Waals surface area contributed by atoms with Crippen molar-refractivity contribution >= 4 is 23.7 Å². The molecule has 0 amide bonds. The van der Waals surface area contributed by atoms with E-state index in [9.17, 15) is 0 Å². The highest BCUT2D eigenvalue weighted by atomic mass is 35.5. The summed E-state index contributed by atoms with van der Waals surface area (Å²) < 4.78 is 0. The van der Waals surface area contributed by atoms with Crippen molar-refractivity contribution in [1.29, 1.82) is 0 Å². The Labute approximate surface area is 96.3 Å². The molecule has 1 rings (SSSR count). The first kappa shape index (κ1) is 12.2. The third kappa shape index (κ3) is 4.98. The molecule has 0 bridgehead atoms. The van der Waals surface area contributed by atoms with Gasteiger partial charge >= 0.3 is 0 Å². The molecule has 15 heavy (non-hydrogen) atoms. The van der Waals surface area contributed by atoms with E-state index in [0.717, 1.165) is 37.3 Å². The van der Waals surface area contributed by atoms with Crippen molar-refractivity contribution in [3.63, 3.8) is 0 Å². The molecule has 0 atom stereocenters. The molecule has 1 N–H and O–H groups in total. The second kappa shape index (κ2) is 6.62. The summed E-state index contributed by atoms with van der Waals surface area (Å²) in [5.74, 6) is 0.869. The van der Waals surface area contributed by atoms with Crippen LogP contribution in [0.4, 0.5) is 0 Å². The first-order valence-electron chi connectivity index (χ1n) is 5.34. The monoisotopic (exact) mass is 227 g/mol. The van der Waals surface area contributed by atoms with E-state index in [4.69, 9.17) is 11.6 Å². The van der Waals surface area contributed by atoms with Gasteiger partial charge in [0.1, 0.15) is 5.16 Å². The molecule has 0 aromatic rings. The SMILES string of the molecule is CC1=NCCCCCN=C/C(C)=C(/Cl)N1. The maximum atomic E-state index is 6.06. The number of nitrogens with one attached hydrogen (secondary N) is 1. The van der Waals surface area contributed by atoms with Crippen LogP contribution in [0.2, 0.25) is 0 Å². The van der Waals surface area contributed by atoms with Gasteiger partial charge in [-0.05, 0) is 33.1 Å². The van der Waals surface area contributed by atoms with Crippen LogP contribution in [0.15, 0.2) is 20.7 Å². The van der Waals surface area contributed by atoms with Gasteiger partial charge in [-0.2, -0.15) is 0 Å². The quantitative estimate of drug-likeness (QED) is 0.635. The van der Waals surface area contributed by atoms with Crippen molar-refractivity contribution < 1.29 is 0 Å². The highest BCUT2D eigenvalue weighted by Crippen LogP contribution is 2.05. The summed E-state index contributed by atoms with van der Waals surface area (Å²) in [6.07, 6.45) is 5.26. The van der Waals surface area contributed by atoms with E-state index in [1.54, 1.807) is 0 Å². The third-order valence-corrected chi connectivity index (χ3v) is 2.61. The molecule has 3 nitrogen and oxygen atoms in total. The van der Waals surface area contributed by atoms with Crippen LogP contribution in [0.3, 0.4) is 0 Å². The van der Waals surface area contributed by atoms with Crippen LogP contribution in [0.5, 0.6) is 0 Å². The molecule has 1 heterocycles. The molecule has 0 saturated heterocycles. The van der Waals surface area contributed by atoms with Gasteiger partial charge < -0.3 is 5.32 Å². The normalized spacial score (nSPS) is 24.9. The molecular formula is C11H18ClN3. The van der Waals surface area contributed by atoms with Gasteiger partial charge in [0.05, 0.1) is 5.84 Å². The Bertz CT molecular complexity index is 292. The van der Waals surface area contributed by atoms with Gasteiger partial charge in [0, 0.05) is 24.9 Å². The Morgan fingerprint density at radius 1 is 1.20 bits per heavy atom. The molecule has 0 unspecified atom stereocenters. The Kier molecular flexibility index (Phi) is 5.40. The zero-order valence-electron chi connectivity index (χ0n) is 9.39. The lowest BCUT2D eigenvalue weighted by molar-refractivity contribution is 0.695. The summed E-state index contributed by atoms with van der Waals surface area (Å²) in [5.41, 5.74) is 0.951. The molecule has 0 aliphatic carbocycles. The van der Waals surface area contributed by atoms with E-state index in [0.29, 0.717) is 5.16 Å². The fourth-order valence-electron chi connectivity index (χ4n) is 1.29. The molecule has 4 heteroatoms. The van der Waals surface area contributed by atoms with Crippen LogP contribution in [-0.4, -0.2) is 25.1 Å². The van der Waals surface area contributed by atoms with Gasteiger partial charge in [-0.3, -0.25) is 9.98 Å². The molecule has 0 aromatic heterocycles. The highest BCUT2D eigenvalue weighted by molar-refractivity contribution is 6.32. The lowest BCUT2D eigenvalue weighted by Gasteiger charge is -2.07. The van der Waals surface area contributed by atoms with Crippen molar-refractivity contribution in [2.75, 3.05) is 13.1 Å². The number of allylic oxidation sites excluding steroid dienone is 1. The van der Waals surface area contributed by atoms with Gasteiger partial charge in [-0.15, -0.1) is 0 Å². The number of nitrogens with zero attached hydrogens (tertiary/aromatic N) is 2. The van der Waals surface area contributed by atoms with Crippen LogP contribution >= 0.6 is 11.6 Å². The first-order valence-corrected chi connectivity index (χ1v) is 5.72. The fourth-order valence-corrected chi connectivity index (χ4v) is 1.48. The van der Waals surface area contributed by atoms with E-state index < -0.39 is 0 Å². The lowest BCUT2D eigenvalue weighted by Crippen LogP contribution is -2.18. The number of amidine groups is 1. The predicted molar refractivity (Wildman–Crippen MR) is 66.9 cm³/mol. The number of rotatable bonds is 0. The van der Waals surface area contributed by atoms with Crippen LogP contribution < -0.4 is 5.32 Å². The molecule has 0 fully saturated rings. The molecule has 0 spiro atoms. The number of aliphatic imine (C=N–C) groups is 2. The zero-order valence-corrected chi connectivity index (χ0v) is 10.1. The lowest BCUT2D eigenvalue weighted by atomic mass is 10.2. The smallest absolute Gasteiger partial charge is 0.112 e. The molecule has 0 aromatic carbocycles. The average molecular weight is 228 g/mol. The highest BCUT2D eigenvalue weighted by Gasteiger charge is 1.99. The van der Waals surface area contributed by atoms with E-state index in [-0.39, 0.29) is 0 Å². The van der Waals surface area contributed by atoms with Gasteiger partial charge in [0.25, 0.3) is 0 Å². The standard InChI is InChI=1S/C11H18ClN3/c1-9-8-13-6-4-3-5-7-14-10(2)15-11(9)12/h8H,3-7H2,1-2H3,(H,14,15)/b11-9-,13-8?. The number of hydrogen-bond acceptors (Lipinski definition) is 3. The minimum Gasteiger partial charge on any atom is -0.335 e. The summed E-state index contributed by atoms with van der Waals surface area (Å²) in [5, 5.41) is 3.66. The van der Waals surface area contributed by atoms with E-state index in [1.807, 2.05) is 20.1 Å². The second-order valence-corrected chi connectivity index (χ2v) is 4.06. The summed E-state index contributed by atoms with van der Waals surface area (Å²) >= 11 is 6.06. The minimum absolute atomic E-state index is 0.612. The molecule has 0 radical (unpaired) electrons. The van der Waals surface area contributed by atoms with Gasteiger partial charge in [0.15, 0.2) is 0 Å². The van der Waals surface area contributed by atoms with Crippen molar-refractivity contribution in [3.8, 4) is 0 Å². The Balaban J connectivity index is 2.72. The van der Waals surface area contributed by atoms with Crippen LogP contribution in [0.1, 0.15) is 33.1 Å². The first-order chi connectivity index (χ1) is 7.20. The maximum Gasteiger partial charge on any atom is 0.112 e. The Morgan fingerprint density at radius 3 is 2.73 bits per heavy atom. The van der Waals surface area contributed by atoms with E-state index in [1.165, 1.54) is 6.42 Å². The van der Waals surface area contributed by atoms with Crippen LogP contribution in [0.25, 0.3) is 0 Å². The minimum atomic E-state index is 0.612. The Hall–Kier alpha value is -0.830. The Morgan fingerprint density at radius 2 is 1.93 bits per heavy atom. The predicted octanol–water partition coefficient (Wildman–Crippen LogP) is 2.72. The second-order valence-electron chi connectivity index (χ2n) is 3.69. The largest absolute Gasteiger partial charge is 0.335 e.